The van der Waals surface area contributed by atoms with E-state index in [0.29, 0.717) is 12.5 Å². The van der Waals surface area contributed by atoms with E-state index in [-0.39, 0.29) is 18.2 Å². The van der Waals surface area contributed by atoms with Gasteiger partial charge in [0.1, 0.15) is 6.04 Å². The van der Waals surface area contributed by atoms with Crippen molar-refractivity contribution in [3.8, 4) is 0 Å². The number of nitrogens with zero attached hydrogens (tertiary/aromatic N) is 1. The second-order valence-electron chi connectivity index (χ2n) is 6.72. The number of fused-ring (bicyclic) bond motifs is 2. The van der Waals surface area contributed by atoms with Crippen LogP contribution in [0.2, 0.25) is 0 Å². The van der Waals surface area contributed by atoms with Crippen LogP contribution in [0.25, 0.3) is 10.9 Å². The molecule has 3 unspecified atom stereocenters. The predicted octanol–water partition coefficient (Wildman–Crippen LogP) is 2.42. The van der Waals surface area contributed by atoms with Gasteiger partial charge in [0.15, 0.2) is 0 Å². The highest BCUT2D eigenvalue weighted by Gasteiger charge is 2.49. The van der Waals surface area contributed by atoms with E-state index in [0.717, 1.165) is 35.7 Å². The van der Waals surface area contributed by atoms with Crippen LogP contribution in [0.3, 0.4) is 0 Å². The molecule has 1 amide bonds. The van der Waals surface area contributed by atoms with E-state index in [1.165, 1.54) is 0 Å². The molecule has 2 fully saturated rings. The van der Waals surface area contributed by atoms with Crippen LogP contribution in [-0.2, 0) is 16.0 Å². The van der Waals surface area contributed by atoms with Gasteiger partial charge in [-0.2, -0.15) is 0 Å². The summed E-state index contributed by atoms with van der Waals surface area (Å²) in [5.74, 6) is -0.425. The topological polar surface area (TPSA) is 73.4 Å². The van der Waals surface area contributed by atoms with Crippen LogP contribution in [0.1, 0.15) is 24.8 Å². The normalized spacial score (nSPS) is 26.6. The zero-order valence-electron chi connectivity index (χ0n) is 12.9. The van der Waals surface area contributed by atoms with Crippen molar-refractivity contribution in [1.29, 1.82) is 0 Å². The maximum absolute atomic E-state index is 12.8. The third kappa shape index (κ3) is 2.31. The maximum atomic E-state index is 12.8. The maximum Gasteiger partial charge on any atom is 0.326 e. The van der Waals surface area contributed by atoms with Crippen molar-refractivity contribution in [1.82, 2.24) is 9.88 Å². The minimum atomic E-state index is -0.855. The largest absolute Gasteiger partial charge is 0.480 e. The number of aromatic nitrogens is 1. The van der Waals surface area contributed by atoms with Gasteiger partial charge in [0, 0.05) is 23.6 Å². The highest BCUT2D eigenvalue weighted by Crippen LogP contribution is 2.42. The summed E-state index contributed by atoms with van der Waals surface area (Å²) >= 11 is 0. The molecule has 120 valence electrons. The number of H-pyrrole nitrogens is 1. The summed E-state index contributed by atoms with van der Waals surface area (Å²) in [6.45, 7) is 0.600. The highest BCUT2D eigenvalue weighted by atomic mass is 16.4. The van der Waals surface area contributed by atoms with Gasteiger partial charge in [0.25, 0.3) is 0 Å². The molecule has 1 saturated carbocycles. The lowest BCUT2D eigenvalue weighted by atomic mass is 9.94. The van der Waals surface area contributed by atoms with E-state index in [1.807, 2.05) is 30.5 Å². The Labute approximate surface area is 134 Å². The number of rotatable bonds is 3. The van der Waals surface area contributed by atoms with E-state index in [2.05, 4.69) is 4.98 Å². The van der Waals surface area contributed by atoms with Crippen LogP contribution in [-0.4, -0.2) is 39.5 Å². The van der Waals surface area contributed by atoms with Crippen molar-refractivity contribution >= 4 is 22.8 Å². The SMILES string of the molecule is O=C(O)C1C2CCCC2CN1C(=O)Cc1c[nH]c2ccccc12. The number of likely N-dealkylation sites (tertiary alicyclic amines) is 1. The van der Waals surface area contributed by atoms with Crippen LogP contribution >= 0.6 is 0 Å². The summed E-state index contributed by atoms with van der Waals surface area (Å²) in [5, 5.41) is 10.6. The Hall–Kier alpha value is -2.30. The van der Waals surface area contributed by atoms with Gasteiger partial charge in [0.05, 0.1) is 6.42 Å². The van der Waals surface area contributed by atoms with Crippen molar-refractivity contribution in [3.63, 3.8) is 0 Å². The summed E-state index contributed by atoms with van der Waals surface area (Å²) in [4.78, 5) is 29.2. The summed E-state index contributed by atoms with van der Waals surface area (Å²) in [6.07, 6.45) is 5.18. The average Bonchev–Trinajstić information content (AvgIpc) is 3.20. The molecule has 2 heterocycles. The minimum Gasteiger partial charge on any atom is -0.480 e. The molecule has 3 atom stereocenters. The Morgan fingerprint density at radius 1 is 1.26 bits per heavy atom. The fraction of sp³-hybridized carbons (Fsp3) is 0.444. The molecular weight excluding hydrogens is 292 g/mol. The highest BCUT2D eigenvalue weighted by molar-refractivity contribution is 5.91. The number of carboxylic acid groups (broad SMARTS) is 1. The van der Waals surface area contributed by atoms with Crippen LogP contribution < -0.4 is 0 Å². The fourth-order valence-electron chi connectivity index (χ4n) is 4.42. The number of nitrogens with one attached hydrogen (secondary N) is 1. The standard InChI is InChI=1S/C18H20N2O3/c21-16(8-12-9-19-15-7-2-1-5-13(12)15)20-10-11-4-3-6-14(11)17(20)18(22)23/h1-2,5,7,9,11,14,17,19H,3-4,6,8,10H2,(H,22,23). The van der Waals surface area contributed by atoms with Gasteiger partial charge in [-0.3, -0.25) is 4.79 Å². The summed E-state index contributed by atoms with van der Waals surface area (Å²) in [5.41, 5.74) is 1.94. The van der Waals surface area contributed by atoms with Gasteiger partial charge in [-0.1, -0.05) is 24.6 Å². The number of carbonyl (C=O) groups excluding carboxylic acids is 1. The van der Waals surface area contributed by atoms with E-state index in [1.54, 1.807) is 4.90 Å². The number of benzene rings is 1. The van der Waals surface area contributed by atoms with Crippen LogP contribution in [0.5, 0.6) is 0 Å². The Bertz CT molecular complexity index is 766. The van der Waals surface area contributed by atoms with Gasteiger partial charge < -0.3 is 15.0 Å². The molecule has 1 aromatic heterocycles. The van der Waals surface area contributed by atoms with E-state index in [9.17, 15) is 14.7 Å². The molecule has 1 aromatic carbocycles. The molecule has 5 heteroatoms. The molecule has 1 aliphatic carbocycles. The first-order chi connectivity index (χ1) is 11.1. The first kappa shape index (κ1) is 14.3. The lowest BCUT2D eigenvalue weighted by molar-refractivity contribution is -0.149. The zero-order valence-corrected chi connectivity index (χ0v) is 12.9. The molecule has 2 N–H and O–H groups in total. The molecule has 5 nitrogen and oxygen atoms in total. The summed E-state index contributed by atoms with van der Waals surface area (Å²) in [6, 6.07) is 7.22. The number of aromatic amines is 1. The van der Waals surface area contributed by atoms with Crippen molar-refractivity contribution in [3.05, 3.63) is 36.0 Å². The molecule has 0 bridgehead atoms. The molecule has 2 aromatic rings. The lowest BCUT2D eigenvalue weighted by Crippen LogP contribution is -2.43. The Morgan fingerprint density at radius 2 is 2.09 bits per heavy atom. The van der Waals surface area contributed by atoms with Crippen LogP contribution in [0, 0.1) is 11.8 Å². The number of carbonyl (C=O) groups is 2. The average molecular weight is 312 g/mol. The van der Waals surface area contributed by atoms with Gasteiger partial charge in [-0.25, -0.2) is 4.79 Å². The van der Waals surface area contributed by atoms with Crippen molar-refractivity contribution in [2.75, 3.05) is 6.54 Å². The number of hydrogen-bond acceptors (Lipinski definition) is 2. The van der Waals surface area contributed by atoms with Crippen LogP contribution in [0.15, 0.2) is 30.5 Å². The minimum absolute atomic E-state index is 0.0726. The third-order valence-corrected chi connectivity index (χ3v) is 5.48. The van der Waals surface area contributed by atoms with E-state index < -0.39 is 12.0 Å². The number of para-hydroxylation sites is 1. The van der Waals surface area contributed by atoms with Crippen LogP contribution in [0.4, 0.5) is 0 Å². The number of amides is 1. The molecule has 0 spiro atoms. The lowest BCUT2D eigenvalue weighted by Gasteiger charge is -2.24. The summed E-state index contributed by atoms with van der Waals surface area (Å²) in [7, 11) is 0. The van der Waals surface area contributed by atoms with E-state index in [4.69, 9.17) is 0 Å². The molecule has 23 heavy (non-hydrogen) atoms. The van der Waals surface area contributed by atoms with Crippen molar-refractivity contribution in [2.45, 2.75) is 31.7 Å². The monoisotopic (exact) mass is 312 g/mol. The zero-order chi connectivity index (χ0) is 16.0. The fourth-order valence-corrected chi connectivity index (χ4v) is 4.42. The third-order valence-electron chi connectivity index (χ3n) is 5.48. The number of hydrogen-bond donors (Lipinski definition) is 2. The molecule has 1 saturated heterocycles. The molecule has 1 aliphatic heterocycles. The van der Waals surface area contributed by atoms with E-state index >= 15 is 0 Å². The van der Waals surface area contributed by atoms with Gasteiger partial charge in [-0.05, 0) is 36.3 Å². The Morgan fingerprint density at radius 3 is 2.91 bits per heavy atom. The summed E-state index contributed by atoms with van der Waals surface area (Å²) < 4.78 is 0. The van der Waals surface area contributed by atoms with Gasteiger partial charge in [-0.15, -0.1) is 0 Å². The Kier molecular flexibility index (Phi) is 3.36. The number of aliphatic carboxylic acids is 1. The molecular formula is C18H20N2O3. The van der Waals surface area contributed by atoms with Gasteiger partial charge in [0.2, 0.25) is 5.91 Å². The first-order valence-electron chi connectivity index (χ1n) is 8.22. The Balaban J connectivity index is 1.58. The van der Waals surface area contributed by atoms with Gasteiger partial charge >= 0.3 is 5.97 Å². The van der Waals surface area contributed by atoms with Crippen molar-refractivity contribution < 1.29 is 14.7 Å². The quantitative estimate of drug-likeness (QED) is 0.914. The first-order valence-corrected chi connectivity index (χ1v) is 8.22. The molecule has 4 rings (SSSR count). The van der Waals surface area contributed by atoms with Crippen molar-refractivity contribution in [2.24, 2.45) is 11.8 Å². The smallest absolute Gasteiger partial charge is 0.326 e. The second-order valence-corrected chi connectivity index (χ2v) is 6.72. The second kappa shape index (κ2) is 5.41. The molecule has 0 radical (unpaired) electrons. The molecule has 2 aliphatic rings. The predicted molar refractivity (Wildman–Crippen MR) is 86.0 cm³/mol. The number of carboxylic acids is 1.